The summed E-state index contributed by atoms with van der Waals surface area (Å²) in [6.45, 7) is 0. The number of rotatable bonds is 1. The molecule has 2 fully saturated rings. The van der Waals surface area contributed by atoms with E-state index in [0.717, 1.165) is 12.8 Å². The molecule has 1 saturated carbocycles. The second kappa shape index (κ2) is 5.02. The van der Waals surface area contributed by atoms with Gasteiger partial charge in [0.25, 0.3) is 0 Å². The molecule has 2 heteroatoms. The maximum atomic E-state index is 10.2. The molecule has 1 aromatic carbocycles. The summed E-state index contributed by atoms with van der Waals surface area (Å²) in [6.07, 6.45) is 8.08. The summed E-state index contributed by atoms with van der Waals surface area (Å²) in [4.78, 5) is 0. The zero-order valence-corrected chi connectivity index (χ0v) is 10.9. The molecule has 0 aromatic heterocycles. The lowest BCUT2D eigenvalue weighted by Gasteiger charge is -2.47. The Morgan fingerprint density at radius 3 is 2.50 bits per heavy atom. The lowest BCUT2D eigenvalue weighted by atomic mass is 9.73. The van der Waals surface area contributed by atoms with Crippen molar-refractivity contribution in [2.45, 2.75) is 62.6 Å². The van der Waals surface area contributed by atoms with Gasteiger partial charge in [-0.05, 0) is 31.2 Å². The van der Waals surface area contributed by atoms with E-state index in [9.17, 15) is 5.11 Å². The first-order chi connectivity index (χ1) is 8.77. The van der Waals surface area contributed by atoms with Gasteiger partial charge in [0.2, 0.25) is 0 Å². The van der Waals surface area contributed by atoms with Gasteiger partial charge >= 0.3 is 0 Å². The Bertz CT molecular complexity index is 383. The van der Waals surface area contributed by atoms with Gasteiger partial charge in [-0.25, -0.2) is 0 Å². The molecule has 1 aliphatic carbocycles. The number of hydrogen-bond donors (Lipinski definition) is 2. The first-order valence-corrected chi connectivity index (χ1v) is 7.28. The van der Waals surface area contributed by atoms with E-state index in [1.54, 1.807) is 0 Å². The van der Waals surface area contributed by atoms with Gasteiger partial charge in [0.1, 0.15) is 0 Å². The number of aliphatic hydroxyl groups is 1. The fraction of sp³-hybridized carbons (Fsp3) is 0.625. The van der Waals surface area contributed by atoms with Gasteiger partial charge in [-0.3, -0.25) is 0 Å². The fourth-order valence-electron chi connectivity index (χ4n) is 3.78. The molecular weight excluding hydrogens is 222 g/mol. The minimum atomic E-state index is -0.144. The summed E-state index contributed by atoms with van der Waals surface area (Å²) in [5.74, 6) is 0. The predicted octanol–water partition coefficient (Wildman–Crippen LogP) is 3.17. The van der Waals surface area contributed by atoms with Crippen LogP contribution in [0.3, 0.4) is 0 Å². The van der Waals surface area contributed by atoms with Crippen LogP contribution in [-0.2, 0) is 0 Å². The van der Waals surface area contributed by atoms with E-state index in [2.05, 4.69) is 35.6 Å². The van der Waals surface area contributed by atoms with Crippen LogP contribution in [0.4, 0.5) is 0 Å². The van der Waals surface area contributed by atoms with Gasteiger partial charge in [0, 0.05) is 11.6 Å². The van der Waals surface area contributed by atoms with Crippen molar-refractivity contribution in [2.24, 2.45) is 0 Å². The van der Waals surface area contributed by atoms with Crippen molar-refractivity contribution in [1.29, 1.82) is 0 Å². The maximum absolute atomic E-state index is 10.2. The van der Waals surface area contributed by atoms with E-state index in [1.807, 2.05) is 0 Å². The van der Waals surface area contributed by atoms with Gasteiger partial charge in [-0.15, -0.1) is 0 Å². The molecule has 3 rings (SSSR count). The Labute approximate surface area is 109 Å². The highest BCUT2D eigenvalue weighted by molar-refractivity contribution is 5.21. The second-order valence-electron chi connectivity index (χ2n) is 6.04. The van der Waals surface area contributed by atoms with Crippen LogP contribution in [0.1, 0.15) is 56.6 Å². The van der Waals surface area contributed by atoms with Crippen molar-refractivity contribution in [1.82, 2.24) is 5.32 Å². The molecule has 1 spiro atoms. The van der Waals surface area contributed by atoms with Gasteiger partial charge < -0.3 is 10.4 Å². The van der Waals surface area contributed by atoms with E-state index >= 15 is 0 Å². The molecule has 2 nitrogen and oxygen atoms in total. The molecule has 0 radical (unpaired) electrons. The predicted molar refractivity (Wildman–Crippen MR) is 73.4 cm³/mol. The van der Waals surface area contributed by atoms with E-state index in [-0.39, 0.29) is 11.6 Å². The molecule has 1 aliphatic heterocycles. The number of aliphatic hydroxyl groups excluding tert-OH is 1. The van der Waals surface area contributed by atoms with E-state index in [1.165, 1.54) is 37.7 Å². The van der Waals surface area contributed by atoms with E-state index < -0.39 is 0 Å². The van der Waals surface area contributed by atoms with Crippen molar-refractivity contribution in [3.05, 3.63) is 35.9 Å². The van der Waals surface area contributed by atoms with Gasteiger partial charge in [-0.1, -0.05) is 49.6 Å². The molecule has 2 N–H and O–H groups in total. The third-order valence-corrected chi connectivity index (χ3v) is 4.63. The minimum Gasteiger partial charge on any atom is -0.393 e. The standard InChI is InChI=1S/C16H23NO/c18-14-11-15(13-7-3-1-4-8-13)17-16(12-14)9-5-2-6-10-16/h1,3-4,7-8,14-15,17-18H,2,5-6,9-12H2. The SMILES string of the molecule is OC1CC(c2ccccc2)NC2(CCCCC2)C1. The summed E-state index contributed by atoms with van der Waals surface area (Å²) < 4.78 is 0. The average Bonchev–Trinajstić information content (AvgIpc) is 2.40. The zero-order chi connectivity index (χ0) is 12.4. The third-order valence-electron chi connectivity index (χ3n) is 4.63. The Balaban J connectivity index is 1.80. The molecule has 2 atom stereocenters. The maximum Gasteiger partial charge on any atom is 0.0576 e. The highest BCUT2D eigenvalue weighted by Gasteiger charge is 2.40. The summed E-state index contributed by atoms with van der Waals surface area (Å²) in [7, 11) is 0. The van der Waals surface area contributed by atoms with Gasteiger partial charge in [0.05, 0.1) is 6.10 Å². The zero-order valence-electron chi connectivity index (χ0n) is 10.9. The van der Waals surface area contributed by atoms with Crippen LogP contribution in [0.15, 0.2) is 30.3 Å². The molecule has 1 saturated heterocycles. The van der Waals surface area contributed by atoms with Gasteiger partial charge in [0.15, 0.2) is 0 Å². The molecule has 1 heterocycles. The smallest absolute Gasteiger partial charge is 0.0576 e. The Morgan fingerprint density at radius 2 is 1.78 bits per heavy atom. The number of nitrogens with one attached hydrogen (secondary N) is 1. The Morgan fingerprint density at radius 1 is 1.06 bits per heavy atom. The van der Waals surface area contributed by atoms with E-state index in [0.29, 0.717) is 6.04 Å². The summed E-state index contributed by atoms with van der Waals surface area (Å²) in [5, 5.41) is 14.1. The van der Waals surface area contributed by atoms with Crippen LogP contribution < -0.4 is 5.32 Å². The molecular formula is C16H23NO. The largest absolute Gasteiger partial charge is 0.393 e. The second-order valence-corrected chi connectivity index (χ2v) is 6.04. The van der Waals surface area contributed by atoms with Crippen LogP contribution in [0.2, 0.25) is 0 Å². The van der Waals surface area contributed by atoms with Crippen molar-refractivity contribution in [3.63, 3.8) is 0 Å². The molecule has 2 unspecified atom stereocenters. The highest BCUT2D eigenvalue weighted by Crippen LogP contribution is 2.39. The van der Waals surface area contributed by atoms with Crippen LogP contribution in [-0.4, -0.2) is 16.7 Å². The first kappa shape index (κ1) is 12.2. The topological polar surface area (TPSA) is 32.3 Å². The van der Waals surface area contributed by atoms with Crippen molar-refractivity contribution < 1.29 is 5.11 Å². The highest BCUT2D eigenvalue weighted by atomic mass is 16.3. The Hall–Kier alpha value is -0.860. The summed E-state index contributed by atoms with van der Waals surface area (Å²) in [6, 6.07) is 10.9. The lowest BCUT2D eigenvalue weighted by molar-refractivity contribution is 0.0347. The quantitative estimate of drug-likeness (QED) is 0.796. The normalized spacial score (nSPS) is 31.4. The van der Waals surface area contributed by atoms with Gasteiger partial charge in [-0.2, -0.15) is 0 Å². The molecule has 1 aromatic rings. The number of hydrogen-bond acceptors (Lipinski definition) is 2. The van der Waals surface area contributed by atoms with Crippen molar-refractivity contribution in [3.8, 4) is 0 Å². The molecule has 0 bridgehead atoms. The summed E-state index contributed by atoms with van der Waals surface area (Å²) >= 11 is 0. The Kier molecular flexibility index (Phi) is 3.40. The van der Waals surface area contributed by atoms with Crippen molar-refractivity contribution in [2.75, 3.05) is 0 Å². The first-order valence-electron chi connectivity index (χ1n) is 7.28. The van der Waals surface area contributed by atoms with Crippen LogP contribution in [0.5, 0.6) is 0 Å². The van der Waals surface area contributed by atoms with Crippen LogP contribution >= 0.6 is 0 Å². The lowest BCUT2D eigenvalue weighted by Crippen LogP contribution is -2.54. The molecule has 0 amide bonds. The van der Waals surface area contributed by atoms with Crippen LogP contribution in [0.25, 0.3) is 0 Å². The fourth-order valence-corrected chi connectivity index (χ4v) is 3.78. The monoisotopic (exact) mass is 245 g/mol. The molecule has 18 heavy (non-hydrogen) atoms. The average molecular weight is 245 g/mol. The number of piperidine rings is 1. The van der Waals surface area contributed by atoms with Crippen molar-refractivity contribution >= 4 is 0 Å². The summed E-state index contributed by atoms with van der Waals surface area (Å²) in [5.41, 5.74) is 1.53. The molecule has 98 valence electrons. The number of benzene rings is 1. The van der Waals surface area contributed by atoms with Crippen LogP contribution in [0, 0.1) is 0 Å². The molecule has 2 aliphatic rings. The van der Waals surface area contributed by atoms with E-state index in [4.69, 9.17) is 0 Å². The third kappa shape index (κ3) is 2.45. The minimum absolute atomic E-state index is 0.144.